The van der Waals surface area contributed by atoms with E-state index < -0.39 is 0 Å². The first-order valence-electron chi connectivity index (χ1n) is 7.77. The molecule has 1 aromatic heterocycles. The van der Waals surface area contributed by atoms with Gasteiger partial charge in [-0.2, -0.15) is 0 Å². The molecule has 0 bridgehead atoms. The number of nitrogens with zero attached hydrogens (tertiary/aromatic N) is 2. The molecule has 1 aromatic carbocycles. The molecule has 4 heteroatoms. The molecule has 0 saturated heterocycles. The van der Waals surface area contributed by atoms with Crippen LogP contribution in [-0.2, 0) is 13.0 Å². The molecule has 0 saturated carbocycles. The number of fused-ring (bicyclic) bond motifs is 1. The van der Waals surface area contributed by atoms with Gasteiger partial charge in [0.1, 0.15) is 17.1 Å². The zero-order valence-electron chi connectivity index (χ0n) is 13.4. The molecular formula is C17H25ClN2O. The SMILES string of the molecule is CCC(C)Cn1c(CCCl)nc2c(OC(C)C)cccc21. The molecular weight excluding hydrogens is 284 g/mol. The fourth-order valence-corrected chi connectivity index (χ4v) is 2.61. The van der Waals surface area contributed by atoms with Crippen molar-refractivity contribution >= 4 is 22.6 Å². The Labute approximate surface area is 132 Å². The number of hydrogen-bond donors (Lipinski definition) is 0. The predicted molar refractivity (Wildman–Crippen MR) is 89.4 cm³/mol. The van der Waals surface area contributed by atoms with Crippen molar-refractivity contribution in [2.75, 3.05) is 5.88 Å². The van der Waals surface area contributed by atoms with Crippen LogP contribution in [0.2, 0.25) is 0 Å². The van der Waals surface area contributed by atoms with Gasteiger partial charge in [-0.1, -0.05) is 26.3 Å². The smallest absolute Gasteiger partial charge is 0.147 e. The second kappa shape index (κ2) is 7.17. The summed E-state index contributed by atoms with van der Waals surface area (Å²) in [5.41, 5.74) is 2.10. The summed E-state index contributed by atoms with van der Waals surface area (Å²) in [6, 6.07) is 6.16. The van der Waals surface area contributed by atoms with Gasteiger partial charge in [0.05, 0.1) is 11.6 Å². The molecule has 2 rings (SSSR count). The highest BCUT2D eigenvalue weighted by molar-refractivity contribution is 6.17. The first-order valence-corrected chi connectivity index (χ1v) is 8.31. The molecule has 116 valence electrons. The highest BCUT2D eigenvalue weighted by Gasteiger charge is 2.16. The second-order valence-corrected chi connectivity index (χ2v) is 6.26. The van der Waals surface area contributed by atoms with E-state index in [2.05, 4.69) is 24.5 Å². The maximum atomic E-state index is 5.95. The fraction of sp³-hybridized carbons (Fsp3) is 0.588. The quantitative estimate of drug-likeness (QED) is 0.696. The van der Waals surface area contributed by atoms with Gasteiger partial charge in [0, 0.05) is 18.8 Å². The van der Waals surface area contributed by atoms with Crippen LogP contribution in [-0.4, -0.2) is 21.5 Å². The minimum absolute atomic E-state index is 0.145. The summed E-state index contributed by atoms with van der Waals surface area (Å²) in [6.45, 7) is 9.54. The number of benzene rings is 1. The van der Waals surface area contributed by atoms with Crippen molar-refractivity contribution in [1.82, 2.24) is 9.55 Å². The van der Waals surface area contributed by atoms with Gasteiger partial charge in [0.25, 0.3) is 0 Å². The van der Waals surface area contributed by atoms with Crippen molar-refractivity contribution in [1.29, 1.82) is 0 Å². The van der Waals surface area contributed by atoms with Crippen LogP contribution in [0.4, 0.5) is 0 Å². The molecule has 1 unspecified atom stereocenters. The lowest BCUT2D eigenvalue weighted by Gasteiger charge is -2.14. The van der Waals surface area contributed by atoms with Gasteiger partial charge in [-0.25, -0.2) is 4.98 Å². The number of alkyl halides is 1. The third-order valence-corrected chi connectivity index (χ3v) is 3.88. The van der Waals surface area contributed by atoms with E-state index in [1.165, 1.54) is 0 Å². The topological polar surface area (TPSA) is 27.1 Å². The lowest BCUT2D eigenvalue weighted by molar-refractivity contribution is 0.245. The number of rotatable bonds is 7. The van der Waals surface area contributed by atoms with Crippen molar-refractivity contribution in [2.45, 2.75) is 53.2 Å². The number of para-hydroxylation sites is 1. The third kappa shape index (κ3) is 3.70. The maximum Gasteiger partial charge on any atom is 0.147 e. The monoisotopic (exact) mass is 308 g/mol. The second-order valence-electron chi connectivity index (χ2n) is 5.88. The van der Waals surface area contributed by atoms with Crippen LogP contribution in [0.5, 0.6) is 5.75 Å². The summed E-state index contributed by atoms with van der Waals surface area (Å²) >= 11 is 5.95. The van der Waals surface area contributed by atoms with E-state index in [4.69, 9.17) is 21.3 Å². The average Bonchev–Trinajstić information content (AvgIpc) is 2.78. The molecule has 3 nitrogen and oxygen atoms in total. The summed E-state index contributed by atoms with van der Waals surface area (Å²) in [4.78, 5) is 4.80. The van der Waals surface area contributed by atoms with E-state index in [0.29, 0.717) is 11.8 Å². The Morgan fingerprint density at radius 1 is 1.29 bits per heavy atom. The fourth-order valence-electron chi connectivity index (χ4n) is 2.44. The highest BCUT2D eigenvalue weighted by atomic mass is 35.5. The molecule has 1 atom stereocenters. The molecule has 0 aliphatic heterocycles. The Morgan fingerprint density at radius 3 is 2.67 bits per heavy atom. The largest absolute Gasteiger partial charge is 0.489 e. The van der Waals surface area contributed by atoms with E-state index in [9.17, 15) is 0 Å². The lowest BCUT2D eigenvalue weighted by Crippen LogP contribution is -2.10. The molecule has 0 radical (unpaired) electrons. The zero-order chi connectivity index (χ0) is 15.4. The van der Waals surface area contributed by atoms with Gasteiger partial charge in [-0.05, 0) is 31.9 Å². The average molecular weight is 309 g/mol. The molecule has 0 spiro atoms. The van der Waals surface area contributed by atoms with Gasteiger partial charge in [-0.3, -0.25) is 0 Å². The molecule has 1 heterocycles. The molecule has 0 amide bonds. The summed E-state index contributed by atoms with van der Waals surface area (Å²) in [5.74, 6) is 3.12. The molecule has 0 fully saturated rings. The van der Waals surface area contributed by atoms with E-state index in [1.54, 1.807) is 0 Å². The molecule has 21 heavy (non-hydrogen) atoms. The van der Waals surface area contributed by atoms with Crippen molar-refractivity contribution in [3.05, 3.63) is 24.0 Å². The van der Waals surface area contributed by atoms with Crippen molar-refractivity contribution in [2.24, 2.45) is 5.92 Å². The van der Waals surface area contributed by atoms with Crippen molar-refractivity contribution < 1.29 is 4.74 Å². The van der Waals surface area contributed by atoms with E-state index in [0.717, 1.165) is 42.0 Å². The Kier molecular flexibility index (Phi) is 5.51. The van der Waals surface area contributed by atoms with Gasteiger partial charge < -0.3 is 9.30 Å². The zero-order valence-corrected chi connectivity index (χ0v) is 14.2. The van der Waals surface area contributed by atoms with Crippen LogP contribution in [0.15, 0.2) is 18.2 Å². The van der Waals surface area contributed by atoms with Gasteiger partial charge >= 0.3 is 0 Å². The standard InChI is InChI=1S/C17H25ClN2O/c1-5-13(4)11-20-14-7-6-8-15(21-12(2)3)17(14)19-16(20)9-10-18/h6-8,12-13H,5,9-11H2,1-4H3. The van der Waals surface area contributed by atoms with E-state index in [-0.39, 0.29) is 6.10 Å². The Balaban J connectivity index is 2.50. The number of imidazole rings is 1. The summed E-state index contributed by atoms with van der Waals surface area (Å²) in [6.07, 6.45) is 2.09. The van der Waals surface area contributed by atoms with Gasteiger partial charge in [-0.15, -0.1) is 11.6 Å². The Morgan fingerprint density at radius 2 is 2.05 bits per heavy atom. The summed E-state index contributed by atoms with van der Waals surface area (Å²) < 4.78 is 8.20. The maximum absolute atomic E-state index is 5.95. The third-order valence-electron chi connectivity index (χ3n) is 3.69. The van der Waals surface area contributed by atoms with Crippen LogP contribution in [0.1, 0.15) is 39.9 Å². The predicted octanol–water partition coefficient (Wildman–Crippen LogP) is 4.65. The van der Waals surface area contributed by atoms with Crippen LogP contribution >= 0.6 is 11.6 Å². The van der Waals surface area contributed by atoms with Gasteiger partial charge in [0.2, 0.25) is 0 Å². The van der Waals surface area contributed by atoms with Crippen LogP contribution < -0.4 is 4.74 Å². The molecule has 0 aliphatic rings. The van der Waals surface area contributed by atoms with E-state index >= 15 is 0 Å². The Hall–Kier alpha value is -1.22. The minimum Gasteiger partial charge on any atom is -0.489 e. The highest BCUT2D eigenvalue weighted by Crippen LogP contribution is 2.28. The summed E-state index contributed by atoms with van der Waals surface area (Å²) in [5, 5.41) is 0. The first kappa shape index (κ1) is 16.2. The molecule has 0 N–H and O–H groups in total. The van der Waals surface area contributed by atoms with Crippen LogP contribution in [0.3, 0.4) is 0 Å². The van der Waals surface area contributed by atoms with Crippen LogP contribution in [0.25, 0.3) is 11.0 Å². The van der Waals surface area contributed by atoms with Crippen molar-refractivity contribution in [3.63, 3.8) is 0 Å². The summed E-state index contributed by atoms with van der Waals surface area (Å²) in [7, 11) is 0. The first-order chi connectivity index (χ1) is 10.1. The minimum atomic E-state index is 0.145. The normalized spacial score (nSPS) is 13.0. The number of halogens is 1. The number of aromatic nitrogens is 2. The van der Waals surface area contributed by atoms with E-state index in [1.807, 2.05) is 26.0 Å². The molecule has 0 aliphatic carbocycles. The van der Waals surface area contributed by atoms with Gasteiger partial charge in [0.15, 0.2) is 0 Å². The number of hydrogen-bond acceptors (Lipinski definition) is 2. The molecule has 2 aromatic rings. The van der Waals surface area contributed by atoms with Crippen molar-refractivity contribution in [3.8, 4) is 5.75 Å². The number of ether oxygens (including phenoxy) is 1. The van der Waals surface area contributed by atoms with Crippen LogP contribution in [0, 0.1) is 5.92 Å². The lowest BCUT2D eigenvalue weighted by atomic mass is 10.1. The number of aryl methyl sites for hydroxylation is 1. The Bertz CT molecular complexity index is 592.